The molecule has 2 rings (SSSR count). The minimum Gasteiger partial charge on any atom is -0.313 e. The van der Waals surface area contributed by atoms with Crippen molar-refractivity contribution in [3.8, 4) is 11.3 Å². The fourth-order valence-corrected chi connectivity index (χ4v) is 1.35. The molecule has 2 aromatic rings. The molecule has 0 aliphatic carbocycles. The zero-order valence-electron chi connectivity index (χ0n) is 8.12. The summed E-state index contributed by atoms with van der Waals surface area (Å²) in [4.78, 5) is 17.3. The Morgan fingerprint density at radius 3 is 2.87 bits per heavy atom. The smallest absolute Gasteiger partial charge is 0.251 e. The third kappa shape index (κ3) is 1.93. The highest BCUT2D eigenvalue weighted by atomic mass is 19.1. The number of nitrogens with zero attached hydrogens (tertiary/aromatic N) is 1. The Labute approximate surface area is 85.6 Å². The molecule has 15 heavy (non-hydrogen) atoms. The van der Waals surface area contributed by atoms with Gasteiger partial charge in [-0.1, -0.05) is 11.6 Å². The summed E-state index contributed by atoms with van der Waals surface area (Å²) >= 11 is 0. The zero-order chi connectivity index (χ0) is 10.8. The summed E-state index contributed by atoms with van der Waals surface area (Å²) in [6.45, 7) is 1.86. The van der Waals surface area contributed by atoms with Crippen LogP contribution in [-0.2, 0) is 0 Å². The second kappa shape index (κ2) is 3.65. The van der Waals surface area contributed by atoms with Gasteiger partial charge in [-0.2, -0.15) is 0 Å². The molecule has 1 N–H and O–H groups in total. The molecule has 0 fully saturated rings. The van der Waals surface area contributed by atoms with E-state index in [9.17, 15) is 9.18 Å². The summed E-state index contributed by atoms with van der Waals surface area (Å²) < 4.78 is 13.4. The predicted molar refractivity (Wildman–Crippen MR) is 55.0 cm³/mol. The quantitative estimate of drug-likeness (QED) is 0.770. The SMILES string of the molecule is Cc1ccc(F)c(-c2cc(=O)[nH]cn2)c1. The molecule has 0 saturated heterocycles. The second-order valence-electron chi connectivity index (χ2n) is 3.28. The lowest BCUT2D eigenvalue weighted by Gasteiger charge is -2.02. The van der Waals surface area contributed by atoms with Gasteiger partial charge in [-0.3, -0.25) is 4.79 Å². The Bertz CT molecular complexity index is 548. The topological polar surface area (TPSA) is 45.8 Å². The van der Waals surface area contributed by atoms with Crippen molar-refractivity contribution in [3.05, 3.63) is 52.3 Å². The van der Waals surface area contributed by atoms with Crippen molar-refractivity contribution in [2.24, 2.45) is 0 Å². The summed E-state index contributed by atoms with van der Waals surface area (Å²) in [6.07, 6.45) is 1.26. The van der Waals surface area contributed by atoms with Crippen LogP contribution in [0, 0.1) is 12.7 Å². The van der Waals surface area contributed by atoms with Crippen molar-refractivity contribution < 1.29 is 4.39 Å². The number of benzene rings is 1. The maximum atomic E-state index is 13.4. The van der Waals surface area contributed by atoms with E-state index in [0.29, 0.717) is 11.3 Å². The van der Waals surface area contributed by atoms with Crippen LogP contribution in [0.2, 0.25) is 0 Å². The molecule has 76 valence electrons. The first-order valence-electron chi connectivity index (χ1n) is 4.48. The lowest BCUT2D eigenvalue weighted by Crippen LogP contribution is -2.05. The predicted octanol–water partition coefficient (Wildman–Crippen LogP) is 1.88. The van der Waals surface area contributed by atoms with Crippen LogP contribution in [-0.4, -0.2) is 9.97 Å². The fourth-order valence-electron chi connectivity index (χ4n) is 1.35. The average Bonchev–Trinajstić information content (AvgIpc) is 2.22. The fraction of sp³-hybridized carbons (Fsp3) is 0.0909. The molecule has 0 unspecified atom stereocenters. The Morgan fingerprint density at radius 2 is 2.13 bits per heavy atom. The van der Waals surface area contributed by atoms with Gasteiger partial charge in [0.05, 0.1) is 12.0 Å². The first-order valence-corrected chi connectivity index (χ1v) is 4.48. The van der Waals surface area contributed by atoms with Crippen molar-refractivity contribution in [2.75, 3.05) is 0 Å². The molecule has 0 amide bonds. The third-order valence-electron chi connectivity index (χ3n) is 2.08. The van der Waals surface area contributed by atoms with E-state index in [-0.39, 0.29) is 11.4 Å². The van der Waals surface area contributed by atoms with Gasteiger partial charge in [0.2, 0.25) is 0 Å². The highest BCUT2D eigenvalue weighted by Crippen LogP contribution is 2.20. The van der Waals surface area contributed by atoms with Gasteiger partial charge < -0.3 is 4.98 Å². The molecule has 0 aliphatic heterocycles. The minimum absolute atomic E-state index is 0.291. The van der Waals surface area contributed by atoms with Crippen LogP contribution in [0.3, 0.4) is 0 Å². The Balaban J connectivity index is 2.63. The number of aromatic nitrogens is 2. The molecule has 3 nitrogen and oxygen atoms in total. The van der Waals surface area contributed by atoms with Crippen molar-refractivity contribution in [2.45, 2.75) is 6.92 Å². The molecule has 0 bridgehead atoms. The van der Waals surface area contributed by atoms with E-state index in [2.05, 4.69) is 9.97 Å². The summed E-state index contributed by atoms with van der Waals surface area (Å²) in [7, 11) is 0. The molecule has 1 aromatic carbocycles. The number of hydrogen-bond acceptors (Lipinski definition) is 2. The summed E-state index contributed by atoms with van der Waals surface area (Å²) in [5.41, 5.74) is 1.33. The number of hydrogen-bond donors (Lipinski definition) is 1. The van der Waals surface area contributed by atoms with Crippen LogP contribution in [0.5, 0.6) is 0 Å². The number of aromatic amines is 1. The lowest BCUT2D eigenvalue weighted by atomic mass is 10.1. The number of nitrogens with one attached hydrogen (secondary N) is 1. The molecule has 0 radical (unpaired) electrons. The summed E-state index contributed by atoms with van der Waals surface area (Å²) in [5, 5.41) is 0. The van der Waals surface area contributed by atoms with E-state index in [1.807, 2.05) is 6.92 Å². The number of halogens is 1. The van der Waals surface area contributed by atoms with E-state index < -0.39 is 0 Å². The maximum absolute atomic E-state index is 13.4. The van der Waals surface area contributed by atoms with Crippen LogP contribution in [0.4, 0.5) is 4.39 Å². The van der Waals surface area contributed by atoms with Gasteiger partial charge in [-0.25, -0.2) is 9.37 Å². The van der Waals surface area contributed by atoms with Crippen molar-refractivity contribution >= 4 is 0 Å². The third-order valence-corrected chi connectivity index (χ3v) is 2.08. The van der Waals surface area contributed by atoms with E-state index in [0.717, 1.165) is 5.56 Å². The molecular formula is C11H9FN2O. The van der Waals surface area contributed by atoms with Crippen LogP contribution >= 0.6 is 0 Å². The second-order valence-corrected chi connectivity index (χ2v) is 3.28. The van der Waals surface area contributed by atoms with Crippen LogP contribution in [0.1, 0.15) is 5.56 Å². The van der Waals surface area contributed by atoms with Gasteiger partial charge in [0.25, 0.3) is 5.56 Å². The van der Waals surface area contributed by atoms with Gasteiger partial charge in [0, 0.05) is 11.6 Å². The molecule has 4 heteroatoms. The number of aryl methyl sites for hydroxylation is 1. The monoisotopic (exact) mass is 204 g/mol. The first-order chi connectivity index (χ1) is 7.16. The summed E-state index contributed by atoms with van der Waals surface area (Å²) in [6, 6.07) is 5.98. The largest absolute Gasteiger partial charge is 0.313 e. The molecule has 1 heterocycles. The average molecular weight is 204 g/mol. The van der Waals surface area contributed by atoms with Gasteiger partial charge in [0.15, 0.2) is 0 Å². The van der Waals surface area contributed by atoms with Gasteiger partial charge in [-0.15, -0.1) is 0 Å². The van der Waals surface area contributed by atoms with Gasteiger partial charge >= 0.3 is 0 Å². The van der Waals surface area contributed by atoms with E-state index in [1.54, 1.807) is 12.1 Å². The summed E-state index contributed by atoms with van der Waals surface area (Å²) in [5.74, 6) is -0.376. The van der Waals surface area contributed by atoms with Gasteiger partial charge in [-0.05, 0) is 19.1 Å². The zero-order valence-corrected chi connectivity index (χ0v) is 8.12. The number of H-pyrrole nitrogens is 1. The maximum Gasteiger partial charge on any atom is 0.251 e. The molecular weight excluding hydrogens is 195 g/mol. The van der Waals surface area contributed by atoms with E-state index in [1.165, 1.54) is 18.5 Å². The van der Waals surface area contributed by atoms with Crippen LogP contribution in [0.25, 0.3) is 11.3 Å². The Morgan fingerprint density at radius 1 is 1.33 bits per heavy atom. The standard InChI is InChI=1S/C11H9FN2O/c1-7-2-3-9(12)8(4-7)10-5-11(15)14-6-13-10/h2-6H,1H3,(H,13,14,15). The van der Waals surface area contributed by atoms with Crippen molar-refractivity contribution in [1.29, 1.82) is 0 Å². The minimum atomic E-state index is -0.376. The highest BCUT2D eigenvalue weighted by Gasteiger charge is 2.06. The highest BCUT2D eigenvalue weighted by molar-refractivity contribution is 5.60. The van der Waals surface area contributed by atoms with Crippen molar-refractivity contribution in [3.63, 3.8) is 0 Å². The molecule has 0 aliphatic rings. The Hall–Kier alpha value is -1.97. The van der Waals surface area contributed by atoms with Gasteiger partial charge in [0.1, 0.15) is 5.82 Å². The number of rotatable bonds is 1. The molecule has 0 spiro atoms. The van der Waals surface area contributed by atoms with Crippen LogP contribution < -0.4 is 5.56 Å². The molecule has 1 aromatic heterocycles. The van der Waals surface area contributed by atoms with E-state index >= 15 is 0 Å². The normalized spacial score (nSPS) is 10.3. The lowest BCUT2D eigenvalue weighted by molar-refractivity contribution is 0.630. The van der Waals surface area contributed by atoms with Crippen molar-refractivity contribution in [1.82, 2.24) is 9.97 Å². The van der Waals surface area contributed by atoms with E-state index in [4.69, 9.17) is 0 Å². The molecule has 0 saturated carbocycles. The van der Waals surface area contributed by atoms with Crippen LogP contribution in [0.15, 0.2) is 35.4 Å². The first kappa shape index (κ1) is 9.58. The molecule has 0 atom stereocenters. The Kier molecular flexibility index (Phi) is 2.33.